The van der Waals surface area contributed by atoms with Crippen LogP contribution in [0.2, 0.25) is 0 Å². The summed E-state index contributed by atoms with van der Waals surface area (Å²) in [6, 6.07) is -2.48. The number of urea groups is 1. The van der Waals surface area contributed by atoms with Crippen LogP contribution in [0.5, 0.6) is 0 Å². The number of likely N-dealkylation sites (tertiary alicyclic amines) is 1. The van der Waals surface area contributed by atoms with Crippen LogP contribution in [0.4, 0.5) is 4.79 Å². The van der Waals surface area contributed by atoms with Gasteiger partial charge in [-0.05, 0) is 43.4 Å². The van der Waals surface area contributed by atoms with E-state index in [2.05, 4.69) is 20.9 Å². The number of hydrogen-bond donors (Lipinski definition) is 4. The van der Waals surface area contributed by atoms with Gasteiger partial charge in [0.15, 0.2) is 5.01 Å². The Labute approximate surface area is 252 Å². The molecule has 13 heteroatoms. The van der Waals surface area contributed by atoms with Gasteiger partial charge in [-0.15, -0.1) is 11.3 Å². The van der Waals surface area contributed by atoms with Crippen molar-refractivity contribution in [2.24, 2.45) is 23.0 Å². The van der Waals surface area contributed by atoms with Gasteiger partial charge >= 0.3 is 6.03 Å². The van der Waals surface area contributed by atoms with Crippen molar-refractivity contribution in [3.05, 3.63) is 16.6 Å². The Morgan fingerprint density at radius 3 is 2.24 bits per heavy atom. The van der Waals surface area contributed by atoms with Crippen LogP contribution in [-0.4, -0.2) is 76.4 Å². The summed E-state index contributed by atoms with van der Waals surface area (Å²) in [6.45, 7) is 16.2. The summed E-state index contributed by atoms with van der Waals surface area (Å²) >= 11 is 1.25. The van der Waals surface area contributed by atoms with E-state index in [0.29, 0.717) is 24.4 Å². The second-order valence-electron chi connectivity index (χ2n) is 12.2. The molecule has 2 rings (SSSR count). The van der Waals surface area contributed by atoms with Crippen molar-refractivity contribution in [2.45, 2.75) is 105 Å². The van der Waals surface area contributed by atoms with E-state index in [1.165, 1.54) is 11.3 Å². The number of nitrogens with one attached hydrogen (secondary N) is 3. The first-order chi connectivity index (χ1) is 19.5. The molecule has 1 aliphatic heterocycles. The van der Waals surface area contributed by atoms with Crippen LogP contribution < -0.4 is 21.7 Å². The van der Waals surface area contributed by atoms with Crippen LogP contribution in [0.25, 0.3) is 0 Å². The number of rotatable bonds is 13. The normalized spacial score (nSPS) is 17.6. The largest absolute Gasteiger partial charge is 0.363 e. The van der Waals surface area contributed by atoms with Crippen molar-refractivity contribution >= 4 is 47.2 Å². The van der Waals surface area contributed by atoms with Gasteiger partial charge in [0.05, 0.1) is 12.1 Å². The van der Waals surface area contributed by atoms with E-state index in [1.54, 1.807) is 11.6 Å². The van der Waals surface area contributed by atoms with Gasteiger partial charge < -0.3 is 26.6 Å². The second-order valence-corrected chi connectivity index (χ2v) is 13.1. The van der Waals surface area contributed by atoms with Gasteiger partial charge in [0.2, 0.25) is 23.9 Å². The number of hydrogen-bond acceptors (Lipinski definition) is 8. The third-order valence-corrected chi connectivity index (χ3v) is 8.05. The van der Waals surface area contributed by atoms with E-state index >= 15 is 0 Å². The average molecular weight is 609 g/mol. The Morgan fingerprint density at radius 2 is 1.81 bits per heavy atom. The minimum atomic E-state index is -1.01. The molecular weight excluding hydrogens is 560 g/mol. The van der Waals surface area contributed by atoms with Crippen molar-refractivity contribution in [2.75, 3.05) is 6.54 Å². The van der Waals surface area contributed by atoms with Gasteiger partial charge in [-0.2, -0.15) is 0 Å². The Kier molecular flexibility index (Phi) is 14.8. The van der Waals surface area contributed by atoms with Crippen LogP contribution in [-0.2, 0) is 19.2 Å². The van der Waals surface area contributed by atoms with Crippen molar-refractivity contribution < 1.29 is 28.8 Å². The van der Waals surface area contributed by atoms with Gasteiger partial charge in [0.1, 0.15) is 6.04 Å². The molecule has 1 saturated heterocycles. The molecule has 5 atom stereocenters. The zero-order valence-electron chi connectivity index (χ0n) is 26.1. The Hall–Kier alpha value is -3.35. The summed E-state index contributed by atoms with van der Waals surface area (Å²) in [7, 11) is 0. The van der Waals surface area contributed by atoms with Crippen LogP contribution in [0, 0.1) is 17.3 Å². The molecule has 12 nitrogen and oxygen atoms in total. The summed E-state index contributed by atoms with van der Waals surface area (Å²) < 4.78 is 0. The van der Waals surface area contributed by atoms with Crippen LogP contribution in [0.15, 0.2) is 11.6 Å². The summed E-state index contributed by atoms with van der Waals surface area (Å²) in [5.41, 5.74) is 4.38. The fraction of sp³-hybridized carbons (Fsp3) is 0.690. The lowest BCUT2D eigenvalue weighted by atomic mass is 9.85. The molecule has 1 aromatic heterocycles. The number of Topliss-reactive ketones (excluding diaryl/α,β-unsaturated/α-hetero) is 2. The number of nitrogens with zero attached hydrogens (tertiary/aromatic N) is 2. The highest BCUT2D eigenvalue weighted by Crippen LogP contribution is 2.25. The van der Waals surface area contributed by atoms with Gasteiger partial charge in [0, 0.05) is 24.2 Å². The molecular formula is C29H48N6O6S. The molecule has 1 aromatic rings. The zero-order chi connectivity index (χ0) is 32.2. The lowest BCUT2D eigenvalue weighted by Gasteiger charge is -2.35. The topological polar surface area (TPSA) is 181 Å². The highest BCUT2D eigenvalue weighted by atomic mass is 32.1. The average Bonchev–Trinajstić information content (AvgIpc) is 3.60. The first kappa shape index (κ1) is 36.7. The van der Waals surface area contributed by atoms with Crippen LogP contribution >= 0.6 is 11.3 Å². The Balaban J connectivity index is 0.000000532. The highest BCUT2D eigenvalue weighted by Gasteiger charge is 2.39. The number of nitrogens with two attached hydrogens (primary N) is 1. The minimum Gasteiger partial charge on any atom is -0.363 e. The van der Waals surface area contributed by atoms with Crippen LogP contribution in [0.3, 0.4) is 0 Å². The monoisotopic (exact) mass is 608 g/mol. The molecule has 1 fully saturated rings. The van der Waals surface area contributed by atoms with Gasteiger partial charge in [0.25, 0.3) is 5.91 Å². The maximum atomic E-state index is 13.1. The lowest BCUT2D eigenvalue weighted by Crippen LogP contribution is -2.59. The molecule has 0 radical (unpaired) electrons. The summed E-state index contributed by atoms with van der Waals surface area (Å²) in [6.07, 6.45) is 5.26. The van der Waals surface area contributed by atoms with E-state index in [0.717, 1.165) is 19.3 Å². The minimum absolute atomic E-state index is 0.0694. The fourth-order valence-corrected chi connectivity index (χ4v) is 5.09. The van der Waals surface area contributed by atoms with Gasteiger partial charge in [-0.3, -0.25) is 24.0 Å². The number of primary amides is 1. The van der Waals surface area contributed by atoms with E-state index < -0.39 is 41.3 Å². The summed E-state index contributed by atoms with van der Waals surface area (Å²) in [4.78, 5) is 76.4. The molecule has 42 heavy (non-hydrogen) atoms. The van der Waals surface area contributed by atoms with Gasteiger partial charge in [-0.25, -0.2) is 9.78 Å². The van der Waals surface area contributed by atoms with E-state index in [1.807, 2.05) is 60.3 Å². The number of aromatic nitrogens is 1. The molecule has 5 amide bonds. The van der Waals surface area contributed by atoms with Crippen molar-refractivity contribution in [1.29, 1.82) is 0 Å². The number of ketones is 2. The molecule has 4 unspecified atom stereocenters. The van der Waals surface area contributed by atoms with Crippen molar-refractivity contribution in [3.8, 4) is 0 Å². The third-order valence-electron chi connectivity index (χ3n) is 7.27. The molecule has 5 N–H and O–H groups in total. The summed E-state index contributed by atoms with van der Waals surface area (Å²) in [5, 5.41) is 9.99. The lowest BCUT2D eigenvalue weighted by molar-refractivity contribution is -0.137. The van der Waals surface area contributed by atoms with Gasteiger partial charge in [-0.1, -0.05) is 54.9 Å². The molecule has 0 bridgehead atoms. The predicted octanol–water partition coefficient (Wildman–Crippen LogP) is 2.67. The number of amides is 5. The maximum absolute atomic E-state index is 13.1. The first-order valence-corrected chi connectivity index (χ1v) is 15.3. The maximum Gasteiger partial charge on any atom is 0.316 e. The smallest absolute Gasteiger partial charge is 0.316 e. The Morgan fingerprint density at radius 1 is 1.17 bits per heavy atom. The second kappa shape index (κ2) is 16.9. The molecule has 1 aliphatic rings. The SMILES string of the molecule is CC(C)C(NC(=O)NC(C(=O)N1CCC[C@H]1C)C(C)(C)C)C(=O)c1nccs1.CCC(C)CC(NC=O)C(=O)C(N)=O. The van der Waals surface area contributed by atoms with E-state index in [4.69, 9.17) is 5.73 Å². The van der Waals surface area contributed by atoms with E-state index in [9.17, 15) is 28.8 Å². The molecule has 0 spiro atoms. The summed E-state index contributed by atoms with van der Waals surface area (Å²) in [5.74, 6) is -1.88. The zero-order valence-corrected chi connectivity index (χ0v) is 26.9. The fourth-order valence-electron chi connectivity index (χ4n) is 4.48. The number of carbonyl (C=O) groups is 6. The van der Waals surface area contributed by atoms with Crippen LogP contribution in [0.1, 0.15) is 90.9 Å². The molecule has 2 heterocycles. The molecule has 0 saturated carbocycles. The molecule has 236 valence electrons. The number of carbonyl (C=O) groups excluding carboxylic acids is 6. The quantitative estimate of drug-likeness (QED) is 0.151. The highest BCUT2D eigenvalue weighted by molar-refractivity contribution is 7.11. The molecule has 0 aromatic carbocycles. The predicted molar refractivity (Wildman–Crippen MR) is 162 cm³/mol. The third kappa shape index (κ3) is 11.1. The van der Waals surface area contributed by atoms with Crippen molar-refractivity contribution in [1.82, 2.24) is 25.8 Å². The number of thiazole rings is 1. The first-order valence-electron chi connectivity index (χ1n) is 14.4. The standard InChI is InChI=1S/C20H32N4O3S.C9H16N2O3/c1-12(2)14(15(25)17-21-9-11-28-17)22-19(27)23-16(20(4,5)6)18(26)24-10-7-8-13(24)3;1-3-6(2)4-7(11-5-12)8(13)9(10)14/h9,11-14,16H,7-8,10H2,1-6H3,(H2,22,23,27);5-7H,3-4H2,1-2H3,(H2,10,14)(H,11,12)/t13-,14?,16?;/m1./s1. The molecule has 0 aliphatic carbocycles. The van der Waals surface area contributed by atoms with E-state index in [-0.39, 0.29) is 29.6 Å². The Bertz CT molecular complexity index is 1070. The van der Waals surface area contributed by atoms with Crippen molar-refractivity contribution in [3.63, 3.8) is 0 Å².